The molecule has 0 aromatic heterocycles. The summed E-state index contributed by atoms with van der Waals surface area (Å²) in [7, 11) is 1.24. The number of esters is 1. The van der Waals surface area contributed by atoms with Gasteiger partial charge in [0.2, 0.25) is 4.87 Å². The van der Waals surface area contributed by atoms with E-state index in [0.29, 0.717) is 12.0 Å². The molecule has 1 aromatic rings. The van der Waals surface area contributed by atoms with Crippen molar-refractivity contribution in [3.63, 3.8) is 0 Å². The van der Waals surface area contributed by atoms with Gasteiger partial charge in [-0.2, -0.15) is 0 Å². The maximum Gasteiger partial charge on any atom is 0.335 e. The summed E-state index contributed by atoms with van der Waals surface area (Å²) in [5.41, 5.74) is 1.46. The summed E-state index contributed by atoms with van der Waals surface area (Å²) < 4.78 is 4.59. The molecule has 0 N–H and O–H groups in total. The molecule has 2 rings (SSSR count). The number of hydrogen-bond acceptors (Lipinski definition) is 3. The van der Waals surface area contributed by atoms with Gasteiger partial charge in [-0.25, -0.2) is 4.79 Å². The Kier molecular flexibility index (Phi) is 2.72. The fourth-order valence-corrected chi connectivity index (χ4v) is 2.22. The van der Waals surface area contributed by atoms with E-state index < -0.39 is 10.8 Å². The van der Waals surface area contributed by atoms with Crippen molar-refractivity contribution in [2.75, 3.05) is 7.11 Å². The second-order valence-electron chi connectivity index (χ2n) is 3.78. The Hall–Kier alpha value is -1.35. The third kappa shape index (κ3) is 1.52. The molecule has 16 heavy (non-hydrogen) atoms. The molecular weight excluding hydrogens is 228 g/mol. The fraction of sp³-hybridized carbons (Fsp3) is 0.333. The van der Waals surface area contributed by atoms with Crippen LogP contribution in [0.25, 0.3) is 0 Å². The number of rotatable bonds is 1. The van der Waals surface area contributed by atoms with Crippen LogP contribution in [-0.4, -0.2) is 23.7 Å². The lowest BCUT2D eigenvalue weighted by atomic mass is 9.82. The molecule has 84 valence electrons. The van der Waals surface area contributed by atoms with Gasteiger partial charge in [0.15, 0.2) is 5.78 Å². The quantitative estimate of drug-likeness (QED) is 0.427. The smallest absolute Gasteiger partial charge is 0.335 e. The zero-order valence-electron chi connectivity index (χ0n) is 8.83. The molecule has 0 saturated carbocycles. The van der Waals surface area contributed by atoms with E-state index in [-0.39, 0.29) is 12.2 Å². The minimum atomic E-state index is -1.54. The highest BCUT2D eigenvalue weighted by Gasteiger charge is 2.48. The second kappa shape index (κ2) is 3.91. The number of ether oxygens (including phenoxy) is 1. The predicted octanol–water partition coefficient (Wildman–Crippen LogP) is 1.97. The first kappa shape index (κ1) is 11.1. The van der Waals surface area contributed by atoms with Gasteiger partial charge in [-0.05, 0) is 18.4 Å². The molecule has 0 heterocycles. The van der Waals surface area contributed by atoms with Gasteiger partial charge in [-0.3, -0.25) is 4.79 Å². The first-order valence-electron chi connectivity index (χ1n) is 4.99. The van der Waals surface area contributed by atoms with Gasteiger partial charge in [0.05, 0.1) is 7.11 Å². The molecule has 0 bridgehead atoms. The minimum absolute atomic E-state index is 0.289. The number of Topliss-reactive ketones (excluding diaryl/α,β-unsaturated/α-hetero) is 1. The van der Waals surface area contributed by atoms with Crippen LogP contribution in [0, 0.1) is 0 Å². The van der Waals surface area contributed by atoms with Crippen LogP contribution in [0.1, 0.15) is 22.3 Å². The topological polar surface area (TPSA) is 43.4 Å². The zero-order chi connectivity index (χ0) is 11.8. The van der Waals surface area contributed by atoms with E-state index >= 15 is 0 Å². The summed E-state index contributed by atoms with van der Waals surface area (Å²) in [5.74, 6) is -1.03. The standard InChI is InChI=1S/C12H11ClO3/c1-16-11(15)12(13)7-6-8-4-2-3-5-9(8)10(12)14/h2-5H,6-7H2,1H3. The van der Waals surface area contributed by atoms with Crippen LogP contribution < -0.4 is 0 Å². The van der Waals surface area contributed by atoms with Crippen molar-refractivity contribution in [1.29, 1.82) is 0 Å². The SMILES string of the molecule is COC(=O)C1(Cl)CCc2ccccc2C1=O. The van der Waals surface area contributed by atoms with E-state index in [1.54, 1.807) is 12.1 Å². The van der Waals surface area contributed by atoms with Crippen molar-refractivity contribution in [3.8, 4) is 0 Å². The molecule has 1 aromatic carbocycles. The maximum absolute atomic E-state index is 12.1. The van der Waals surface area contributed by atoms with Crippen molar-refractivity contribution in [2.45, 2.75) is 17.7 Å². The number of benzene rings is 1. The number of methoxy groups -OCH3 is 1. The van der Waals surface area contributed by atoms with Crippen LogP contribution in [0.5, 0.6) is 0 Å². The first-order chi connectivity index (χ1) is 7.59. The molecule has 3 nitrogen and oxygen atoms in total. The lowest BCUT2D eigenvalue weighted by Gasteiger charge is -2.28. The summed E-state index contributed by atoms with van der Waals surface area (Å²) >= 11 is 6.08. The molecule has 0 amide bonds. The molecule has 0 aliphatic heterocycles. The third-order valence-electron chi connectivity index (χ3n) is 2.87. The van der Waals surface area contributed by atoms with Gasteiger partial charge in [-0.15, -0.1) is 0 Å². The number of hydrogen-bond donors (Lipinski definition) is 0. The van der Waals surface area contributed by atoms with Crippen LogP contribution in [0.15, 0.2) is 24.3 Å². The Balaban J connectivity index is 2.45. The molecule has 1 aliphatic carbocycles. The molecule has 4 heteroatoms. The Morgan fingerprint density at radius 3 is 2.81 bits per heavy atom. The zero-order valence-corrected chi connectivity index (χ0v) is 9.58. The van der Waals surface area contributed by atoms with Gasteiger partial charge in [-0.1, -0.05) is 35.9 Å². The Labute approximate surface area is 98.4 Å². The summed E-state index contributed by atoms with van der Waals surface area (Å²) in [6.07, 6.45) is 0.900. The number of ketones is 1. The molecule has 0 fully saturated rings. The average Bonchev–Trinajstić information content (AvgIpc) is 2.33. The van der Waals surface area contributed by atoms with E-state index in [1.165, 1.54) is 7.11 Å². The van der Waals surface area contributed by atoms with Gasteiger partial charge in [0.1, 0.15) is 0 Å². The Morgan fingerprint density at radius 1 is 1.44 bits per heavy atom. The fourth-order valence-electron chi connectivity index (χ4n) is 1.95. The number of carbonyl (C=O) groups excluding carboxylic acids is 2. The van der Waals surface area contributed by atoms with Crippen molar-refractivity contribution in [3.05, 3.63) is 35.4 Å². The van der Waals surface area contributed by atoms with Gasteiger partial charge < -0.3 is 4.74 Å². The number of carbonyl (C=O) groups is 2. The average molecular weight is 239 g/mol. The molecule has 0 spiro atoms. The van der Waals surface area contributed by atoms with Crippen molar-refractivity contribution < 1.29 is 14.3 Å². The minimum Gasteiger partial charge on any atom is -0.467 e. The van der Waals surface area contributed by atoms with Crippen LogP contribution in [0.2, 0.25) is 0 Å². The van der Waals surface area contributed by atoms with Gasteiger partial charge in [0, 0.05) is 5.56 Å². The number of halogens is 1. The Morgan fingerprint density at radius 2 is 2.12 bits per heavy atom. The van der Waals surface area contributed by atoms with Crippen LogP contribution in [0.3, 0.4) is 0 Å². The van der Waals surface area contributed by atoms with E-state index in [4.69, 9.17) is 11.6 Å². The van der Waals surface area contributed by atoms with E-state index in [1.807, 2.05) is 12.1 Å². The molecule has 1 unspecified atom stereocenters. The maximum atomic E-state index is 12.1. The van der Waals surface area contributed by atoms with Crippen LogP contribution in [-0.2, 0) is 16.0 Å². The second-order valence-corrected chi connectivity index (χ2v) is 4.42. The highest BCUT2D eigenvalue weighted by molar-refractivity contribution is 6.48. The van der Waals surface area contributed by atoms with Crippen molar-refractivity contribution >= 4 is 23.4 Å². The van der Waals surface area contributed by atoms with Gasteiger partial charge in [0.25, 0.3) is 0 Å². The summed E-state index contributed by atoms with van der Waals surface area (Å²) in [4.78, 5) is 22.1. The summed E-state index contributed by atoms with van der Waals surface area (Å²) in [6, 6.07) is 7.19. The lowest BCUT2D eigenvalue weighted by Crippen LogP contribution is -2.45. The number of fused-ring (bicyclic) bond motifs is 1. The molecule has 0 saturated heterocycles. The Bertz CT molecular complexity index is 455. The predicted molar refractivity (Wildman–Crippen MR) is 59.7 cm³/mol. The highest BCUT2D eigenvalue weighted by Crippen LogP contribution is 2.34. The van der Waals surface area contributed by atoms with Crippen molar-refractivity contribution in [1.82, 2.24) is 0 Å². The normalized spacial score (nSPS) is 23.8. The third-order valence-corrected chi connectivity index (χ3v) is 3.38. The molecule has 1 atom stereocenters. The van der Waals surface area contributed by atoms with Crippen molar-refractivity contribution in [2.24, 2.45) is 0 Å². The molecular formula is C12H11ClO3. The van der Waals surface area contributed by atoms with E-state index in [0.717, 1.165) is 5.56 Å². The molecule has 0 radical (unpaired) electrons. The summed E-state index contributed by atoms with van der Waals surface area (Å²) in [6.45, 7) is 0. The highest BCUT2D eigenvalue weighted by atomic mass is 35.5. The van der Waals surface area contributed by atoms with Crippen LogP contribution >= 0.6 is 11.6 Å². The molecule has 1 aliphatic rings. The monoisotopic (exact) mass is 238 g/mol. The summed E-state index contributed by atoms with van der Waals surface area (Å²) in [5, 5.41) is 0. The van der Waals surface area contributed by atoms with E-state index in [2.05, 4.69) is 4.74 Å². The largest absolute Gasteiger partial charge is 0.467 e. The van der Waals surface area contributed by atoms with Gasteiger partial charge >= 0.3 is 5.97 Å². The van der Waals surface area contributed by atoms with E-state index in [9.17, 15) is 9.59 Å². The number of alkyl halides is 1. The first-order valence-corrected chi connectivity index (χ1v) is 5.37. The lowest BCUT2D eigenvalue weighted by molar-refractivity contribution is -0.142. The number of aryl methyl sites for hydroxylation is 1. The van der Waals surface area contributed by atoms with Crippen LogP contribution in [0.4, 0.5) is 0 Å².